The predicted molar refractivity (Wildman–Crippen MR) is 117 cm³/mol. The van der Waals surface area contributed by atoms with Crippen molar-refractivity contribution in [3.63, 3.8) is 0 Å². The first-order valence-electron chi connectivity index (χ1n) is 8.67. The lowest BCUT2D eigenvalue weighted by Crippen LogP contribution is -2.43. The molecule has 0 fully saturated rings. The van der Waals surface area contributed by atoms with Crippen molar-refractivity contribution < 1.29 is 9.59 Å². The minimum Gasteiger partial charge on any atom is -0.336 e. The number of carbonyl (C=O) groups is 2. The highest BCUT2D eigenvalue weighted by Gasteiger charge is 2.25. The van der Waals surface area contributed by atoms with E-state index in [0.29, 0.717) is 15.6 Å². The third-order valence-electron chi connectivity index (χ3n) is 4.09. The fraction of sp³-hybridized carbons (Fsp3) is 0.0476. The Labute approximate surface area is 187 Å². The highest BCUT2D eigenvalue weighted by atomic mass is 35.5. The molecule has 9 heteroatoms. The maximum absolute atomic E-state index is 12.9. The molecule has 0 spiro atoms. The Morgan fingerprint density at radius 3 is 2.30 bits per heavy atom. The van der Waals surface area contributed by atoms with Gasteiger partial charge in [-0.1, -0.05) is 53.0 Å². The first-order valence-corrected chi connectivity index (χ1v) is 9.80. The molecule has 1 atom stereocenters. The summed E-state index contributed by atoms with van der Waals surface area (Å²) in [5, 5.41) is 14.2. The summed E-state index contributed by atoms with van der Waals surface area (Å²) in [6.45, 7) is 0. The number of amidine groups is 1. The maximum atomic E-state index is 12.9. The molecule has 3 aromatic rings. The number of benzene rings is 2. The summed E-state index contributed by atoms with van der Waals surface area (Å²) in [5.74, 6) is -1.34. The normalized spacial score (nSPS) is 11.4. The van der Waals surface area contributed by atoms with Crippen LogP contribution in [0.15, 0.2) is 66.9 Å². The molecule has 0 saturated carbocycles. The molecule has 1 heterocycles. The van der Waals surface area contributed by atoms with E-state index in [0.717, 1.165) is 0 Å². The molecule has 152 valence electrons. The van der Waals surface area contributed by atoms with Crippen molar-refractivity contribution in [1.82, 2.24) is 15.6 Å². The number of pyridine rings is 1. The van der Waals surface area contributed by atoms with Crippen molar-refractivity contribution in [1.29, 1.82) is 5.41 Å². The van der Waals surface area contributed by atoms with Crippen LogP contribution in [0.4, 0.5) is 0 Å². The third kappa shape index (κ3) is 5.36. The molecule has 6 nitrogen and oxygen atoms in total. The molecule has 0 bridgehead atoms. The van der Waals surface area contributed by atoms with Crippen molar-refractivity contribution in [3.8, 4) is 0 Å². The monoisotopic (exact) mass is 460 g/mol. The highest BCUT2D eigenvalue weighted by Crippen LogP contribution is 2.23. The Kier molecular flexibility index (Phi) is 7.05. The van der Waals surface area contributed by atoms with E-state index in [1.807, 2.05) is 0 Å². The molecular weight excluding hydrogens is 447 g/mol. The van der Waals surface area contributed by atoms with Crippen LogP contribution in [0, 0.1) is 5.41 Å². The quantitative estimate of drug-likeness (QED) is 0.381. The lowest BCUT2D eigenvalue weighted by molar-refractivity contribution is -0.121. The van der Waals surface area contributed by atoms with Gasteiger partial charge in [0.2, 0.25) is 0 Å². The van der Waals surface area contributed by atoms with Crippen LogP contribution >= 0.6 is 34.8 Å². The molecule has 1 aromatic heterocycles. The van der Waals surface area contributed by atoms with E-state index in [1.165, 1.54) is 24.4 Å². The van der Waals surface area contributed by atoms with Gasteiger partial charge in [0.15, 0.2) is 5.84 Å². The number of halogens is 3. The Hall–Kier alpha value is -2.93. The number of hydrogen-bond acceptors (Lipinski definition) is 4. The molecule has 3 rings (SSSR count). The van der Waals surface area contributed by atoms with E-state index in [4.69, 9.17) is 40.2 Å². The van der Waals surface area contributed by atoms with Crippen LogP contribution in [0.1, 0.15) is 27.7 Å². The summed E-state index contributed by atoms with van der Waals surface area (Å²) in [4.78, 5) is 29.7. The van der Waals surface area contributed by atoms with Gasteiger partial charge in [0.25, 0.3) is 11.8 Å². The Morgan fingerprint density at radius 2 is 1.67 bits per heavy atom. The van der Waals surface area contributed by atoms with Gasteiger partial charge in [-0.15, -0.1) is 0 Å². The van der Waals surface area contributed by atoms with Crippen LogP contribution in [0.25, 0.3) is 0 Å². The second-order valence-corrected chi connectivity index (χ2v) is 7.42. The lowest BCUT2D eigenvalue weighted by atomic mass is 10.0. The van der Waals surface area contributed by atoms with Gasteiger partial charge in [-0.2, -0.15) is 0 Å². The molecule has 0 aliphatic rings. The summed E-state index contributed by atoms with van der Waals surface area (Å²) >= 11 is 17.8. The number of nitrogens with one attached hydrogen (secondary N) is 3. The van der Waals surface area contributed by atoms with Gasteiger partial charge in [-0.3, -0.25) is 20.0 Å². The largest absolute Gasteiger partial charge is 0.336 e. The second-order valence-electron chi connectivity index (χ2n) is 6.17. The van der Waals surface area contributed by atoms with Gasteiger partial charge in [0.1, 0.15) is 11.7 Å². The standard InChI is InChI=1S/C21H15Cl3N4O2/c22-14-7-4-12(5-8-14)18(21(30)28-19(25)17-3-1-2-10-26-17)27-20(29)13-6-9-15(23)16(24)11-13/h1-11,18H,(H,27,29)(H2,25,28,30). The van der Waals surface area contributed by atoms with Crippen molar-refractivity contribution in [2.45, 2.75) is 6.04 Å². The lowest BCUT2D eigenvalue weighted by Gasteiger charge is -2.19. The minimum absolute atomic E-state index is 0.191. The van der Waals surface area contributed by atoms with E-state index in [1.54, 1.807) is 42.5 Å². The Balaban J connectivity index is 1.85. The molecule has 0 radical (unpaired) electrons. The Bertz CT molecular complexity index is 1090. The van der Waals surface area contributed by atoms with Crippen LogP contribution in [-0.4, -0.2) is 22.6 Å². The van der Waals surface area contributed by atoms with Gasteiger partial charge in [0, 0.05) is 16.8 Å². The number of rotatable bonds is 5. The first kappa shape index (κ1) is 21.8. The smallest absolute Gasteiger partial charge is 0.252 e. The van der Waals surface area contributed by atoms with Crippen molar-refractivity contribution in [3.05, 3.63) is 98.7 Å². The molecule has 0 aliphatic carbocycles. The topological polar surface area (TPSA) is 94.9 Å². The number of nitrogens with zero attached hydrogens (tertiary/aromatic N) is 1. The van der Waals surface area contributed by atoms with Gasteiger partial charge in [-0.25, -0.2) is 0 Å². The van der Waals surface area contributed by atoms with E-state index >= 15 is 0 Å². The maximum Gasteiger partial charge on any atom is 0.252 e. The first-order chi connectivity index (χ1) is 14.3. The average molecular weight is 462 g/mol. The van der Waals surface area contributed by atoms with E-state index in [2.05, 4.69) is 15.6 Å². The van der Waals surface area contributed by atoms with E-state index in [-0.39, 0.29) is 22.1 Å². The molecule has 1 unspecified atom stereocenters. The molecule has 3 N–H and O–H groups in total. The van der Waals surface area contributed by atoms with Crippen LogP contribution < -0.4 is 10.6 Å². The summed E-state index contributed by atoms with van der Waals surface area (Å²) in [6, 6.07) is 14.7. The summed E-state index contributed by atoms with van der Waals surface area (Å²) in [5.41, 5.74) is 1.01. The zero-order chi connectivity index (χ0) is 21.7. The second kappa shape index (κ2) is 9.71. The Morgan fingerprint density at radius 1 is 0.933 bits per heavy atom. The zero-order valence-electron chi connectivity index (χ0n) is 15.3. The number of aromatic nitrogens is 1. The van der Waals surface area contributed by atoms with Crippen molar-refractivity contribution >= 4 is 52.5 Å². The molecular formula is C21H15Cl3N4O2. The van der Waals surface area contributed by atoms with Crippen LogP contribution in [-0.2, 0) is 4.79 Å². The van der Waals surface area contributed by atoms with E-state index < -0.39 is 17.9 Å². The van der Waals surface area contributed by atoms with E-state index in [9.17, 15) is 9.59 Å². The SMILES string of the molecule is N=C(NC(=O)C(NC(=O)c1ccc(Cl)c(Cl)c1)c1ccc(Cl)cc1)c1ccccn1. The number of amides is 2. The zero-order valence-corrected chi connectivity index (χ0v) is 17.6. The van der Waals surface area contributed by atoms with Gasteiger partial charge < -0.3 is 10.6 Å². The van der Waals surface area contributed by atoms with Crippen LogP contribution in [0.2, 0.25) is 15.1 Å². The number of carbonyl (C=O) groups excluding carboxylic acids is 2. The number of hydrogen-bond donors (Lipinski definition) is 3. The van der Waals surface area contributed by atoms with Crippen molar-refractivity contribution in [2.24, 2.45) is 0 Å². The molecule has 2 aromatic carbocycles. The average Bonchev–Trinajstić information content (AvgIpc) is 2.75. The summed E-state index contributed by atoms with van der Waals surface area (Å²) < 4.78 is 0. The highest BCUT2D eigenvalue weighted by molar-refractivity contribution is 6.42. The van der Waals surface area contributed by atoms with Gasteiger partial charge >= 0.3 is 0 Å². The summed E-state index contributed by atoms with van der Waals surface area (Å²) in [6.07, 6.45) is 1.51. The fourth-order valence-electron chi connectivity index (χ4n) is 2.58. The predicted octanol–water partition coefficient (Wildman–Crippen LogP) is 4.65. The molecule has 2 amide bonds. The van der Waals surface area contributed by atoms with Crippen molar-refractivity contribution in [2.75, 3.05) is 0 Å². The third-order valence-corrected chi connectivity index (χ3v) is 5.08. The minimum atomic E-state index is -1.09. The molecule has 0 aliphatic heterocycles. The van der Waals surface area contributed by atoms with Crippen LogP contribution in [0.3, 0.4) is 0 Å². The summed E-state index contributed by atoms with van der Waals surface area (Å²) in [7, 11) is 0. The molecule has 0 saturated heterocycles. The fourth-order valence-corrected chi connectivity index (χ4v) is 3.00. The van der Waals surface area contributed by atoms with Gasteiger partial charge in [0.05, 0.1) is 10.0 Å². The van der Waals surface area contributed by atoms with Crippen LogP contribution in [0.5, 0.6) is 0 Å². The molecule has 30 heavy (non-hydrogen) atoms. The van der Waals surface area contributed by atoms with Gasteiger partial charge in [-0.05, 0) is 48.0 Å².